The second-order valence-electron chi connectivity index (χ2n) is 5.35. The molecule has 1 aliphatic heterocycles. The highest BCUT2D eigenvalue weighted by atomic mass is 32.2. The standard InChI is InChI=1S/C12H24N2O4S/c1-4-14(12(2,3)11(15)16)19(17,18)13-9-7-5-6-8-10-13/h4-10H2,1-3H3,(H,15,16). The molecule has 0 aromatic rings. The molecule has 1 heterocycles. The molecule has 0 radical (unpaired) electrons. The summed E-state index contributed by atoms with van der Waals surface area (Å²) >= 11 is 0. The van der Waals surface area contributed by atoms with E-state index in [0.29, 0.717) is 13.1 Å². The van der Waals surface area contributed by atoms with Crippen LogP contribution in [0, 0.1) is 0 Å². The first-order chi connectivity index (χ1) is 8.74. The first kappa shape index (κ1) is 16.4. The average Bonchev–Trinajstić information content (AvgIpc) is 2.57. The maximum atomic E-state index is 12.6. The van der Waals surface area contributed by atoms with E-state index in [1.165, 1.54) is 18.2 Å². The fourth-order valence-electron chi connectivity index (χ4n) is 2.37. The first-order valence-corrected chi connectivity index (χ1v) is 8.15. The minimum Gasteiger partial charge on any atom is -0.480 e. The lowest BCUT2D eigenvalue weighted by Crippen LogP contribution is -2.57. The van der Waals surface area contributed by atoms with Gasteiger partial charge in [0.05, 0.1) is 0 Å². The fraction of sp³-hybridized carbons (Fsp3) is 0.917. The van der Waals surface area contributed by atoms with Gasteiger partial charge in [-0.05, 0) is 26.7 Å². The van der Waals surface area contributed by atoms with Crippen LogP contribution in [0.2, 0.25) is 0 Å². The van der Waals surface area contributed by atoms with Crippen LogP contribution in [0.15, 0.2) is 0 Å². The van der Waals surface area contributed by atoms with E-state index in [4.69, 9.17) is 0 Å². The largest absolute Gasteiger partial charge is 0.480 e. The van der Waals surface area contributed by atoms with Crippen LogP contribution in [0.5, 0.6) is 0 Å². The van der Waals surface area contributed by atoms with Gasteiger partial charge >= 0.3 is 5.97 Å². The third-order valence-electron chi connectivity index (χ3n) is 3.60. The van der Waals surface area contributed by atoms with Crippen LogP contribution in [0.4, 0.5) is 0 Å². The summed E-state index contributed by atoms with van der Waals surface area (Å²) < 4.78 is 27.7. The molecule has 0 bridgehead atoms. The SMILES string of the molecule is CCN(C(C)(C)C(=O)O)S(=O)(=O)N1CCCCCC1. The predicted molar refractivity (Wildman–Crippen MR) is 73.1 cm³/mol. The number of hydrogen-bond acceptors (Lipinski definition) is 3. The van der Waals surface area contributed by atoms with Crippen LogP contribution in [0.1, 0.15) is 46.5 Å². The predicted octanol–water partition coefficient (Wildman–Crippen LogP) is 1.29. The number of carbonyl (C=O) groups is 1. The van der Waals surface area contributed by atoms with Crippen LogP contribution >= 0.6 is 0 Å². The Labute approximate surface area is 115 Å². The van der Waals surface area contributed by atoms with Crippen molar-refractivity contribution in [3.05, 3.63) is 0 Å². The minimum atomic E-state index is -3.71. The van der Waals surface area contributed by atoms with Gasteiger partial charge in [0.2, 0.25) is 0 Å². The molecule has 1 fully saturated rings. The molecule has 0 atom stereocenters. The normalized spacial score (nSPS) is 19.4. The number of aliphatic carboxylic acids is 1. The third kappa shape index (κ3) is 3.46. The third-order valence-corrected chi connectivity index (χ3v) is 5.89. The Morgan fingerprint density at radius 3 is 2.05 bits per heavy atom. The summed E-state index contributed by atoms with van der Waals surface area (Å²) in [6.45, 7) is 5.63. The molecule has 6 nitrogen and oxygen atoms in total. The van der Waals surface area contributed by atoms with Crippen LogP contribution in [0.25, 0.3) is 0 Å². The van der Waals surface area contributed by atoms with Crippen LogP contribution in [-0.4, -0.2) is 53.3 Å². The maximum Gasteiger partial charge on any atom is 0.324 e. The summed E-state index contributed by atoms with van der Waals surface area (Å²) in [5, 5.41) is 9.24. The van der Waals surface area contributed by atoms with Crippen molar-refractivity contribution in [2.45, 2.75) is 52.0 Å². The second kappa shape index (κ2) is 6.19. The number of hydrogen-bond donors (Lipinski definition) is 1. The van der Waals surface area contributed by atoms with E-state index in [2.05, 4.69) is 0 Å². The molecule has 0 spiro atoms. The maximum absolute atomic E-state index is 12.6. The topological polar surface area (TPSA) is 77.9 Å². The van der Waals surface area contributed by atoms with Crippen molar-refractivity contribution < 1.29 is 18.3 Å². The van der Waals surface area contributed by atoms with Crippen molar-refractivity contribution in [3.63, 3.8) is 0 Å². The Morgan fingerprint density at radius 1 is 1.21 bits per heavy atom. The number of carboxylic acid groups (broad SMARTS) is 1. The molecule has 0 aromatic carbocycles. The van der Waals surface area contributed by atoms with E-state index in [1.54, 1.807) is 6.92 Å². The van der Waals surface area contributed by atoms with Gasteiger partial charge in [-0.25, -0.2) is 0 Å². The number of carboxylic acids is 1. The molecule has 7 heteroatoms. The van der Waals surface area contributed by atoms with Crippen molar-refractivity contribution in [2.75, 3.05) is 19.6 Å². The quantitative estimate of drug-likeness (QED) is 0.828. The van der Waals surface area contributed by atoms with E-state index >= 15 is 0 Å². The lowest BCUT2D eigenvalue weighted by molar-refractivity contribution is -0.146. The molecule has 1 aliphatic rings. The van der Waals surface area contributed by atoms with Crippen molar-refractivity contribution in [3.8, 4) is 0 Å². The zero-order valence-corrected chi connectivity index (χ0v) is 12.7. The van der Waals surface area contributed by atoms with E-state index < -0.39 is 21.7 Å². The molecule has 0 amide bonds. The Hall–Kier alpha value is -0.660. The van der Waals surface area contributed by atoms with Crippen molar-refractivity contribution in [1.82, 2.24) is 8.61 Å². The molecule has 1 N–H and O–H groups in total. The van der Waals surface area contributed by atoms with Gasteiger partial charge in [-0.15, -0.1) is 0 Å². The van der Waals surface area contributed by atoms with E-state index in [-0.39, 0.29) is 6.54 Å². The van der Waals surface area contributed by atoms with Crippen LogP contribution in [0.3, 0.4) is 0 Å². The zero-order chi connectivity index (χ0) is 14.7. The summed E-state index contributed by atoms with van der Waals surface area (Å²) in [5.41, 5.74) is -1.43. The molecule has 112 valence electrons. The van der Waals surface area contributed by atoms with Crippen molar-refractivity contribution in [1.29, 1.82) is 0 Å². The van der Waals surface area contributed by atoms with Gasteiger partial charge < -0.3 is 5.11 Å². The molecular formula is C12H24N2O4S. The Morgan fingerprint density at radius 2 is 1.68 bits per heavy atom. The minimum absolute atomic E-state index is 0.151. The molecular weight excluding hydrogens is 268 g/mol. The summed E-state index contributed by atoms with van der Waals surface area (Å²) in [5.74, 6) is -1.13. The van der Waals surface area contributed by atoms with E-state index in [0.717, 1.165) is 30.0 Å². The number of likely N-dealkylation sites (N-methyl/N-ethyl adjacent to an activating group) is 1. The lowest BCUT2D eigenvalue weighted by atomic mass is 10.1. The lowest BCUT2D eigenvalue weighted by Gasteiger charge is -2.36. The van der Waals surface area contributed by atoms with Gasteiger partial charge in [-0.3, -0.25) is 4.79 Å². The summed E-state index contributed by atoms with van der Waals surface area (Å²) in [6, 6.07) is 0. The highest BCUT2D eigenvalue weighted by molar-refractivity contribution is 7.86. The van der Waals surface area contributed by atoms with Gasteiger partial charge in [0.15, 0.2) is 0 Å². The van der Waals surface area contributed by atoms with Gasteiger partial charge in [0.1, 0.15) is 5.54 Å². The monoisotopic (exact) mass is 292 g/mol. The first-order valence-electron chi connectivity index (χ1n) is 6.76. The Bertz CT molecular complexity index is 411. The number of rotatable bonds is 5. The van der Waals surface area contributed by atoms with Gasteiger partial charge in [-0.2, -0.15) is 17.0 Å². The molecule has 19 heavy (non-hydrogen) atoms. The Kier molecular flexibility index (Phi) is 5.34. The second-order valence-corrected chi connectivity index (χ2v) is 7.20. The van der Waals surface area contributed by atoms with Gasteiger partial charge in [-0.1, -0.05) is 19.8 Å². The highest BCUT2D eigenvalue weighted by Crippen LogP contribution is 2.23. The van der Waals surface area contributed by atoms with Crippen LogP contribution in [-0.2, 0) is 15.0 Å². The molecule has 0 aromatic heterocycles. The summed E-state index contributed by atoms with van der Waals surface area (Å²) in [6.07, 6.45) is 3.73. The molecule has 0 aliphatic carbocycles. The zero-order valence-electron chi connectivity index (χ0n) is 11.9. The molecule has 0 saturated carbocycles. The summed E-state index contributed by atoms with van der Waals surface area (Å²) in [7, 11) is -3.71. The molecule has 0 unspecified atom stereocenters. The van der Waals surface area contributed by atoms with Gasteiger partial charge in [0, 0.05) is 19.6 Å². The fourth-order valence-corrected chi connectivity index (χ4v) is 4.34. The average molecular weight is 292 g/mol. The van der Waals surface area contributed by atoms with E-state index in [9.17, 15) is 18.3 Å². The van der Waals surface area contributed by atoms with Gasteiger partial charge in [0.25, 0.3) is 10.2 Å². The van der Waals surface area contributed by atoms with Crippen LogP contribution < -0.4 is 0 Å². The van der Waals surface area contributed by atoms with Crippen molar-refractivity contribution in [2.24, 2.45) is 0 Å². The molecule has 1 rings (SSSR count). The summed E-state index contributed by atoms with van der Waals surface area (Å²) in [4.78, 5) is 11.3. The number of nitrogens with zero attached hydrogens (tertiary/aromatic N) is 2. The Balaban J connectivity index is 3.04. The van der Waals surface area contributed by atoms with Crippen molar-refractivity contribution >= 4 is 16.2 Å². The van der Waals surface area contributed by atoms with E-state index in [1.807, 2.05) is 0 Å². The smallest absolute Gasteiger partial charge is 0.324 e. The highest BCUT2D eigenvalue weighted by Gasteiger charge is 2.43. The molecule has 1 saturated heterocycles.